The number of methoxy groups -OCH3 is 1. The minimum atomic E-state index is -0.449. The van der Waals surface area contributed by atoms with Crippen LogP contribution in [0.5, 0.6) is 5.75 Å². The lowest BCUT2D eigenvalue weighted by Crippen LogP contribution is -2.38. The molecule has 134 valence electrons. The number of nitrogens with one attached hydrogen (secondary N) is 1. The van der Waals surface area contributed by atoms with E-state index in [-0.39, 0.29) is 17.3 Å². The highest BCUT2D eigenvalue weighted by Crippen LogP contribution is 2.35. The first-order valence-electron chi connectivity index (χ1n) is 8.22. The summed E-state index contributed by atoms with van der Waals surface area (Å²) < 4.78 is 18.9. The highest BCUT2D eigenvalue weighted by Gasteiger charge is 2.41. The molecule has 2 aromatic carbocycles. The van der Waals surface area contributed by atoms with E-state index in [2.05, 4.69) is 5.32 Å². The molecule has 0 saturated heterocycles. The largest absolute Gasteiger partial charge is 0.496 e. The summed E-state index contributed by atoms with van der Waals surface area (Å²) in [7, 11) is 1.50. The number of rotatable bonds is 5. The van der Waals surface area contributed by atoms with Crippen molar-refractivity contribution in [1.29, 1.82) is 0 Å². The van der Waals surface area contributed by atoms with Crippen LogP contribution in [0.3, 0.4) is 0 Å². The molecule has 5 nitrogen and oxygen atoms in total. The third kappa shape index (κ3) is 3.06. The molecule has 0 bridgehead atoms. The van der Waals surface area contributed by atoms with Gasteiger partial charge in [0.15, 0.2) is 0 Å². The third-order valence-electron chi connectivity index (χ3n) is 4.10. The quantitative estimate of drug-likeness (QED) is 0.836. The first-order valence-corrected chi connectivity index (χ1v) is 8.22. The number of nitrogens with zero attached hydrogens (tertiary/aromatic N) is 1. The van der Waals surface area contributed by atoms with Crippen LogP contribution in [-0.4, -0.2) is 29.9 Å². The van der Waals surface area contributed by atoms with Gasteiger partial charge in [0.25, 0.3) is 11.8 Å². The summed E-state index contributed by atoms with van der Waals surface area (Å²) in [5, 5.41) is 2.92. The summed E-state index contributed by atoms with van der Waals surface area (Å²) in [6, 6.07) is 12.4. The molecule has 0 aromatic heterocycles. The van der Waals surface area contributed by atoms with Crippen molar-refractivity contribution in [2.75, 3.05) is 12.4 Å². The van der Waals surface area contributed by atoms with Gasteiger partial charge in [0, 0.05) is 17.3 Å². The highest BCUT2D eigenvalue weighted by molar-refractivity contribution is 6.37. The first-order chi connectivity index (χ1) is 12.4. The number of imide groups is 1. The van der Waals surface area contributed by atoms with E-state index in [1.807, 2.05) is 0 Å². The molecule has 0 saturated carbocycles. The number of ether oxygens (including phenoxy) is 1. The molecule has 0 fully saturated rings. The van der Waals surface area contributed by atoms with Crippen molar-refractivity contribution >= 4 is 23.1 Å². The predicted molar refractivity (Wildman–Crippen MR) is 96.9 cm³/mol. The van der Waals surface area contributed by atoms with Crippen molar-refractivity contribution in [3.8, 4) is 5.75 Å². The number of halogens is 1. The van der Waals surface area contributed by atoms with E-state index in [1.54, 1.807) is 44.2 Å². The fraction of sp³-hybridized carbons (Fsp3) is 0.200. The number of amides is 2. The summed E-state index contributed by atoms with van der Waals surface area (Å²) in [6.07, 6.45) is 0. The SMILES string of the molecule is COc1ccccc1C1=C(Nc2cccc(F)c2)C(=O)N(C(C)C)C1=O. The van der Waals surface area contributed by atoms with E-state index in [0.717, 1.165) is 0 Å². The Morgan fingerprint density at radius 2 is 1.77 bits per heavy atom. The summed E-state index contributed by atoms with van der Waals surface area (Å²) in [5.41, 5.74) is 1.22. The van der Waals surface area contributed by atoms with Crippen LogP contribution in [0.2, 0.25) is 0 Å². The van der Waals surface area contributed by atoms with Crippen LogP contribution < -0.4 is 10.1 Å². The molecule has 0 spiro atoms. The normalized spacial score (nSPS) is 14.4. The van der Waals surface area contributed by atoms with Crippen molar-refractivity contribution in [1.82, 2.24) is 4.90 Å². The van der Waals surface area contributed by atoms with Crippen LogP contribution in [0, 0.1) is 5.82 Å². The predicted octanol–water partition coefficient (Wildman–Crippen LogP) is 3.43. The number of hydrogen-bond donors (Lipinski definition) is 1. The first kappa shape index (κ1) is 17.7. The van der Waals surface area contributed by atoms with E-state index in [4.69, 9.17) is 4.74 Å². The smallest absolute Gasteiger partial charge is 0.278 e. The van der Waals surface area contributed by atoms with Gasteiger partial charge in [0.2, 0.25) is 0 Å². The summed E-state index contributed by atoms with van der Waals surface area (Å²) in [6.45, 7) is 3.53. The van der Waals surface area contributed by atoms with Gasteiger partial charge in [-0.2, -0.15) is 0 Å². The van der Waals surface area contributed by atoms with E-state index >= 15 is 0 Å². The Morgan fingerprint density at radius 1 is 1.04 bits per heavy atom. The lowest BCUT2D eigenvalue weighted by molar-refractivity contribution is -0.138. The number of benzene rings is 2. The molecule has 0 atom stereocenters. The summed E-state index contributed by atoms with van der Waals surface area (Å²) in [4.78, 5) is 27.0. The molecule has 1 aliphatic heterocycles. The van der Waals surface area contributed by atoms with Crippen LogP contribution in [0.25, 0.3) is 5.57 Å². The number of carbonyl (C=O) groups excluding carboxylic acids is 2. The van der Waals surface area contributed by atoms with Crippen molar-refractivity contribution < 1.29 is 18.7 Å². The Balaban J connectivity index is 2.16. The molecule has 26 heavy (non-hydrogen) atoms. The molecule has 0 unspecified atom stereocenters. The average molecular weight is 354 g/mol. The fourth-order valence-electron chi connectivity index (χ4n) is 2.94. The Hall–Kier alpha value is -3.15. The van der Waals surface area contributed by atoms with Crippen molar-refractivity contribution in [3.63, 3.8) is 0 Å². The van der Waals surface area contributed by atoms with Gasteiger partial charge in [-0.1, -0.05) is 24.3 Å². The van der Waals surface area contributed by atoms with Crippen molar-refractivity contribution in [3.05, 3.63) is 65.6 Å². The average Bonchev–Trinajstić information content (AvgIpc) is 2.85. The number of para-hydroxylation sites is 1. The maximum Gasteiger partial charge on any atom is 0.278 e. The van der Waals surface area contributed by atoms with Gasteiger partial charge in [-0.15, -0.1) is 0 Å². The van der Waals surface area contributed by atoms with Crippen molar-refractivity contribution in [2.45, 2.75) is 19.9 Å². The van der Waals surface area contributed by atoms with Gasteiger partial charge in [-0.25, -0.2) is 4.39 Å². The zero-order chi connectivity index (χ0) is 18.8. The number of anilines is 1. The lowest BCUT2D eigenvalue weighted by atomic mass is 10.0. The van der Waals surface area contributed by atoms with E-state index < -0.39 is 17.6 Å². The minimum Gasteiger partial charge on any atom is -0.496 e. The molecule has 2 aromatic rings. The van der Waals surface area contributed by atoms with E-state index in [0.29, 0.717) is 17.0 Å². The molecule has 0 radical (unpaired) electrons. The molecule has 1 aliphatic rings. The molecule has 1 N–H and O–H groups in total. The van der Waals surface area contributed by atoms with Gasteiger partial charge in [-0.3, -0.25) is 14.5 Å². The maximum atomic E-state index is 13.5. The van der Waals surface area contributed by atoms with Crippen LogP contribution >= 0.6 is 0 Å². The molecular weight excluding hydrogens is 335 g/mol. The molecule has 1 heterocycles. The van der Waals surface area contributed by atoms with Crippen LogP contribution in [0.1, 0.15) is 19.4 Å². The summed E-state index contributed by atoms with van der Waals surface area (Å²) >= 11 is 0. The molecule has 6 heteroatoms. The zero-order valence-electron chi connectivity index (χ0n) is 14.7. The van der Waals surface area contributed by atoms with Gasteiger partial charge in [-0.05, 0) is 38.1 Å². The van der Waals surface area contributed by atoms with Crippen LogP contribution in [0.15, 0.2) is 54.2 Å². The molecular formula is C20H19FN2O3. The third-order valence-corrected chi connectivity index (χ3v) is 4.10. The standard InChI is InChI=1S/C20H19FN2O3/c1-12(2)23-19(24)17(15-9-4-5-10-16(15)26-3)18(20(23)25)22-14-8-6-7-13(21)11-14/h4-12,22H,1-3H3. The monoisotopic (exact) mass is 354 g/mol. The van der Waals surface area contributed by atoms with Gasteiger partial charge in [0.1, 0.15) is 17.3 Å². The zero-order valence-corrected chi connectivity index (χ0v) is 14.7. The Morgan fingerprint density at radius 3 is 2.42 bits per heavy atom. The number of hydrogen-bond acceptors (Lipinski definition) is 4. The molecule has 2 amide bonds. The van der Waals surface area contributed by atoms with Crippen molar-refractivity contribution in [2.24, 2.45) is 0 Å². The molecule has 3 rings (SSSR count). The van der Waals surface area contributed by atoms with Gasteiger partial charge in [0.05, 0.1) is 12.7 Å². The second-order valence-corrected chi connectivity index (χ2v) is 6.16. The Kier molecular flexibility index (Phi) is 4.75. The van der Waals surface area contributed by atoms with E-state index in [1.165, 1.54) is 30.2 Å². The lowest BCUT2D eigenvalue weighted by Gasteiger charge is -2.19. The fourth-order valence-corrected chi connectivity index (χ4v) is 2.94. The summed E-state index contributed by atoms with van der Waals surface area (Å²) in [5.74, 6) is -0.816. The van der Waals surface area contributed by atoms with Gasteiger partial charge >= 0.3 is 0 Å². The second-order valence-electron chi connectivity index (χ2n) is 6.16. The van der Waals surface area contributed by atoms with Crippen LogP contribution in [0.4, 0.5) is 10.1 Å². The number of carbonyl (C=O) groups is 2. The molecule has 0 aliphatic carbocycles. The minimum absolute atomic E-state index is 0.110. The topological polar surface area (TPSA) is 58.6 Å². The Bertz CT molecular complexity index is 905. The van der Waals surface area contributed by atoms with E-state index in [9.17, 15) is 14.0 Å². The van der Waals surface area contributed by atoms with Crippen LogP contribution in [-0.2, 0) is 9.59 Å². The maximum absolute atomic E-state index is 13.5. The second kappa shape index (κ2) is 7.00. The highest BCUT2D eigenvalue weighted by atomic mass is 19.1. The Labute approximate surface area is 151 Å². The van der Waals surface area contributed by atoms with Gasteiger partial charge < -0.3 is 10.1 Å².